The summed E-state index contributed by atoms with van der Waals surface area (Å²) in [7, 11) is 1.49. The summed E-state index contributed by atoms with van der Waals surface area (Å²) >= 11 is 0. The molecule has 0 bridgehead atoms. The van der Waals surface area contributed by atoms with E-state index in [-0.39, 0.29) is 23.9 Å². The highest BCUT2D eigenvalue weighted by atomic mass is 16.6. The molecule has 21 heavy (non-hydrogen) atoms. The van der Waals surface area contributed by atoms with Crippen molar-refractivity contribution < 1.29 is 14.8 Å². The number of carbonyl (C=O) groups is 1. The highest BCUT2D eigenvalue weighted by molar-refractivity contribution is 5.95. The van der Waals surface area contributed by atoms with Crippen LogP contribution in [-0.2, 0) is 0 Å². The molecule has 0 aliphatic rings. The van der Waals surface area contributed by atoms with E-state index in [0.29, 0.717) is 18.4 Å². The van der Waals surface area contributed by atoms with E-state index >= 15 is 0 Å². The van der Waals surface area contributed by atoms with Crippen LogP contribution < -0.4 is 10.6 Å². The van der Waals surface area contributed by atoms with Crippen molar-refractivity contribution in [1.29, 1.82) is 0 Å². The van der Waals surface area contributed by atoms with Crippen molar-refractivity contribution in [3.63, 3.8) is 0 Å². The number of hydrogen-bond acceptors (Lipinski definition) is 5. The van der Waals surface area contributed by atoms with Crippen molar-refractivity contribution in [3.8, 4) is 0 Å². The average molecular weight is 295 g/mol. The summed E-state index contributed by atoms with van der Waals surface area (Å²) in [4.78, 5) is 22.3. The molecule has 0 aliphatic heterocycles. The monoisotopic (exact) mass is 295 g/mol. The SMILES string of the molecule is CCC(CC)(CO)Nc1cc(C(=O)NC)ccc1[N+](=O)[O-]. The van der Waals surface area contributed by atoms with Crippen LogP contribution in [0.1, 0.15) is 37.0 Å². The van der Waals surface area contributed by atoms with E-state index in [2.05, 4.69) is 10.6 Å². The second-order valence-corrected chi connectivity index (χ2v) is 4.84. The summed E-state index contributed by atoms with van der Waals surface area (Å²) < 4.78 is 0. The molecule has 3 N–H and O–H groups in total. The summed E-state index contributed by atoms with van der Waals surface area (Å²) in [6.07, 6.45) is 1.20. The normalized spacial score (nSPS) is 11.0. The molecule has 0 aromatic heterocycles. The summed E-state index contributed by atoms with van der Waals surface area (Å²) in [5.74, 6) is -0.324. The minimum absolute atomic E-state index is 0.123. The van der Waals surface area contributed by atoms with Crippen LogP contribution in [0.3, 0.4) is 0 Å². The molecule has 0 saturated heterocycles. The molecule has 0 unspecified atom stereocenters. The van der Waals surface area contributed by atoms with Crippen LogP contribution in [0.15, 0.2) is 18.2 Å². The van der Waals surface area contributed by atoms with Crippen molar-refractivity contribution in [3.05, 3.63) is 33.9 Å². The second-order valence-electron chi connectivity index (χ2n) is 4.84. The van der Waals surface area contributed by atoms with E-state index in [0.717, 1.165) is 0 Å². The lowest BCUT2D eigenvalue weighted by atomic mass is 9.93. The third kappa shape index (κ3) is 3.69. The molecule has 1 amide bonds. The van der Waals surface area contributed by atoms with Gasteiger partial charge in [-0.3, -0.25) is 14.9 Å². The minimum Gasteiger partial charge on any atom is -0.394 e. The predicted molar refractivity (Wildman–Crippen MR) is 80.5 cm³/mol. The summed E-state index contributed by atoms with van der Waals surface area (Å²) in [5, 5.41) is 26.2. The lowest BCUT2D eigenvalue weighted by Crippen LogP contribution is -2.41. The molecule has 7 heteroatoms. The Kier molecular flexibility index (Phi) is 5.66. The molecule has 7 nitrogen and oxygen atoms in total. The number of nitro benzene ring substituents is 1. The second kappa shape index (κ2) is 7.03. The maximum absolute atomic E-state index is 11.7. The van der Waals surface area contributed by atoms with Gasteiger partial charge in [-0.2, -0.15) is 0 Å². The van der Waals surface area contributed by atoms with Gasteiger partial charge in [0.1, 0.15) is 5.69 Å². The van der Waals surface area contributed by atoms with E-state index in [1.807, 2.05) is 13.8 Å². The molecule has 0 heterocycles. The van der Waals surface area contributed by atoms with Gasteiger partial charge < -0.3 is 15.7 Å². The lowest BCUT2D eigenvalue weighted by Gasteiger charge is -2.31. The van der Waals surface area contributed by atoms with Gasteiger partial charge in [-0.05, 0) is 25.0 Å². The van der Waals surface area contributed by atoms with Gasteiger partial charge in [0.2, 0.25) is 0 Å². The zero-order valence-electron chi connectivity index (χ0n) is 12.5. The third-order valence-corrected chi connectivity index (χ3v) is 3.74. The summed E-state index contributed by atoms with van der Waals surface area (Å²) in [6, 6.07) is 4.13. The van der Waals surface area contributed by atoms with Gasteiger partial charge >= 0.3 is 0 Å². The van der Waals surface area contributed by atoms with Crippen molar-refractivity contribution >= 4 is 17.3 Å². The molecule has 0 spiro atoms. The number of aliphatic hydroxyl groups excluding tert-OH is 1. The Morgan fingerprint density at radius 1 is 1.38 bits per heavy atom. The maximum Gasteiger partial charge on any atom is 0.292 e. The van der Waals surface area contributed by atoms with Crippen LogP contribution in [0.25, 0.3) is 0 Å². The Bertz CT molecular complexity index is 519. The van der Waals surface area contributed by atoms with E-state index < -0.39 is 10.5 Å². The summed E-state index contributed by atoms with van der Waals surface area (Å²) in [5.41, 5.74) is -0.211. The minimum atomic E-state index is -0.647. The third-order valence-electron chi connectivity index (χ3n) is 3.74. The van der Waals surface area contributed by atoms with Crippen molar-refractivity contribution in [2.45, 2.75) is 32.2 Å². The zero-order chi connectivity index (χ0) is 16.0. The first-order chi connectivity index (χ1) is 9.92. The van der Waals surface area contributed by atoms with Gasteiger partial charge in [0.25, 0.3) is 11.6 Å². The van der Waals surface area contributed by atoms with Crippen molar-refractivity contribution in [1.82, 2.24) is 5.32 Å². The maximum atomic E-state index is 11.7. The van der Waals surface area contributed by atoms with Gasteiger partial charge in [0.05, 0.1) is 17.1 Å². The molecule has 116 valence electrons. The van der Waals surface area contributed by atoms with Gasteiger partial charge in [-0.25, -0.2) is 0 Å². The van der Waals surface area contributed by atoms with Crippen LogP contribution in [0.5, 0.6) is 0 Å². The first-order valence-corrected chi connectivity index (χ1v) is 6.82. The summed E-state index contributed by atoms with van der Waals surface area (Å²) in [6.45, 7) is 3.63. The highest BCUT2D eigenvalue weighted by Gasteiger charge is 2.28. The van der Waals surface area contributed by atoms with Gasteiger partial charge in [-0.1, -0.05) is 13.8 Å². The fraction of sp³-hybridized carbons (Fsp3) is 0.500. The number of nitro groups is 1. The van der Waals surface area contributed by atoms with Crippen LogP contribution >= 0.6 is 0 Å². The van der Waals surface area contributed by atoms with Gasteiger partial charge in [0, 0.05) is 18.7 Å². The van der Waals surface area contributed by atoms with Crippen LogP contribution in [-0.4, -0.2) is 35.1 Å². The number of benzene rings is 1. The highest BCUT2D eigenvalue weighted by Crippen LogP contribution is 2.30. The lowest BCUT2D eigenvalue weighted by molar-refractivity contribution is -0.384. The number of rotatable bonds is 7. The molecule has 0 saturated carbocycles. The fourth-order valence-electron chi connectivity index (χ4n) is 2.06. The van der Waals surface area contributed by atoms with Crippen LogP contribution in [0, 0.1) is 10.1 Å². The standard InChI is InChI=1S/C14H21N3O4/c1-4-14(5-2,9-18)16-11-8-10(13(19)15-3)6-7-12(11)17(20)21/h6-8,16,18H,4-5,9H2,1-3H3,(H,15,19). The topological polar surface area (TPSA) is 104 Å². The van der Waals surface area contributed by atoms with Gasteiger partial charge in [-0.15, -0.1) is 0 Å². The average Bonchev–Trinajstić information content (AvgIpc) is 2.51. The Labute approximate surface area is 123 Å². The first kappa shape index (κ1) is 16.9. The molecule has 0 aliphatic carbocycles. The Morgan fingerprint density at radius 2 is 2.00 bits per heavy atom. The van der Waals surface area contributed by atoms with E-state index in [1.165, 1.54) is 25.2 Å². The number of anilines is 1. The number of nitrogens with zero attached hydrogens (tertiary/aromatic N) is 1. The quantitative estimate of drug-likeness (QED) is 0.526. The molecule has 0 radical (unpaired) electrons. The Morgan fingerprint density at radius 3 is 2.43 bits per heavy atom. The molecule has 0 fully saturated rings. The number of hydrogen-bond donors (Lipinski definition) is 3. The number of aliphatic hydroxyl groups is 1. The molecular formula is C14H21N3O4. The predicted octanol–water partition coefficient (Wildman–Crippen LogP) is 1.92. The van der Waals surface area contributed by atoms with E-state index in [1.54, 1.807) is 0 Å². The first-order valence-electron chi connectivity index (χ1n) is 6.82. The van der Waals surface area contributed by atoms with Crippen molar-refractivity contribution in [2.75, 3.05) is 19.0 Å². The Balaban J connectivity index is 3.29. The van der Waals surface area contributed by atoms with E-state index in [9.17, 15) is 20.0 Å². The number of nitrogens with one attached hydrogen (secondary N) is 2. The number of carbonyl (C=O) groups excluding carboxylic acids is 1. The Hall–Kier alpha value is -2.15. The molecular weight excluding hydrogens is 274 g/mol. The number of amides is 1. The van der Waals surface area contributed by atoms with Gasteiger partial charge in [0.15, 0.2) is 0 Å². The molecule has 1 rings (SSSR count). The molecule has 1 aromatic rings. The fourth-order valence-corrected chi connectivity index (χ4v) is 2.06. The zero-order valence-corrected chi connectivity index (χ0v) is 12.5. The van der Waals surface area contributed by atoms with Crippen LogP contribution in [0.2, 0.25) is 0 Å². The largest absolute Gasteiger partial charge is 0.394 e. The molecule has 0 atom stereocenters. The smallest absolute Gasteiger partial charge is 0.292 e. The van der Waals surface area contributed by atoms with Crippen LogP contribution in [0.4, 0.5) is 11.4 Å². The molecule has 1 aromatic carbocycles. The van der Waals surface area contributed by atoms with E-state index in [4.69, 9.17) is 0 Å². The van der Waals surface area contributed by atoms with Crippen molar-refractivity contribution in [2.24, 2.45) is 0 Å².